The van der Waals surface area contributed by atoms with E-state index in [0.717, 1.165) is 18.2 Å². The van der Waals surface area contributed by atoms with Crippen molar-refractivity contribution < 1.29 is 52.7 Å². The minimum atomic E-state index is -4.90. The summed E-state index contributed by atoms with van der Waals surface area (Å²) >= 11 is 0. The van der Waals surface area contributed by atoms with Gasteiger partial charge in [0.05, 0.1) is 10.9 Å². The number of likely N-dealkylation sites (N-methyl/N-ethyl adjacent to an activating group) is 1. The van der Waals surface area contributed by atoms with Crippen molar-refractivity contribution in [3.8, 4) is 5.75 Å². The number of nitrogens with zero attached hydrogens (tertiary/aromatic N) is 3. The molecule has 0 spiro atoms. The molecule has 2 aromatic rings. The van der Waals surface area contributed by atoms with Crippen LogP contribution < -0.4 is 21.0 Å². The lowest BCUT2D eigenvalue weighted by atomic mass is 9.72. The van der Waals surface area contributed by atoms with Crippen molar-refractivity contribution in [3.63, 3.8) is 0 Å². The number of nitrogens with one attached hydrogen (secondary N) is 1. The van der Waals surface area contributed by atoms with E-state index < -0.39 is 73.0 Å². The van der Waals surface area contributed by atoms with Gasteiger partial charge in [0.2, 0.25) is 0 Å². The first-order valence-electron chi connectivity index (χ1n) is 12.5. The molecule has 2 aliphatic rings. The lowest BCUT2D eigenvalue weighted by Gasteiger charge is -2.33. The average Bonchev–Trinajstić information content (AvgIpc) is 2.92. The predicted molar refractivity (Wildman–Crippen MR) is 144 cm³/mol. The Labute approximate surface area is 238 Å². The van der Waals surface area contributed by atoms with E-state index in [2.05, 4.69) is 10.3 Å². The number of amidine groups is 1. The Kier molecular flexibility index (Phi) is 8.68. The van der Waals surface area contributed by atoms with Crippen LogP contribution in [0.3, 0.4) is 0 Å². The quantitative estimate of drug-likeness (QED) is 0.0748. The maximum absolute atomic E-state index is 15.1. The molecule has 42 heavy (non-hydrogen) atoms. The van der Waals surface area contributed by atoms with E-state index in [1.165, 1.54) is 23.1 Å². The number of hydrogen-bond acceptors (Lipinski definition) is 8. The first-order chi connectivity index (χ1) is 19.7. The molecule has 0 bridgehead atoms. The minimum absolute atomic E-state index is 0.0358. The van der Waals surface area contributed by atoms with Gasteiger partial charge >= 0.3 is 38.5 Å². The van der Waals surface area contributed by atoms with Crippen molar-refractivity contribution in [1.82, 2.24) is 15.1 Å². The summed E-state index contributed by atoms with van der Waals surface area (Å²) in [5.74, 6) is -6.26. The molecule has 2 atom stereocenters. The average molecular weight is 605 g/mol. The molecule has 4 rings (SSSR count). The summed E-state index contributed by atoms with van der Waals surface area (Å²) in [5.41, 5.74) is 5.81. The normalized spacial score (nSPS) is 18.4. The molecular formula is C24H26BFN5O10P. The second-order valence-electron chi connectivity index (χ2n) is 9.41. The lowest BCUT2D eigenvalue weighted by Crippen LogP contribution is -2.59. The van der Waals surface area contributed by atoms with Crippen molar-refractivity contribution in [1.29, 1.82) is 0 Å². The third-order valence-corrected chi connectivity index (χ3v) is 7.72. The van der Waals surface area contributed by atoms with Crippen molar-refractivity contribution >= 4 is 49.7 Å². The number of carboxylic acid groups (broad SMARTS) is 1. The lowest BCUT2D eigenvalue weighted by molar-refractivity contribution is -0.153. The Balaban J connectivity index is 1.71. The molecule has 2 heterocycles. The fourth-order valence-corrected chi connectivity index (χ4v) is 5.15. The predicted octanol–water partition coefficient (Wildman–Crippen LogP) is -0.851. The molecular weight excluding hydrogens is 579 g/mol. The number of carbonyl (C=O) groups excluding carboxylic acids is 3. The number of fused-ring (bicyclic) bond motifs is 1. The number of nitrogens with two attached hydrogens (primary N) is 1. The molecule has 7 N–H and O–H groups in total. The fourth-order valence-electron chi connectivity index (χ4n) is 4.57. The second kappa shape index (κ2) is 11.9. The van der Waals surface area contributed by atoms with Crippen LogP contribution in [-0.2, 0) is 20.6 Å². The number of carboxylic acids is 1. The first-order valence-corrected chi connectivity index (χ1v) is 14.1. The topological polar surface area (TPSA) is 232 Å². The molecule has 0 radical (unpaired) electrons. The second-order valence-corrected chi connectivity index (χ2v) is 11.0. The Morgan fingerprint density at radius 1 is 1.24 bits per heavy atom. The molecule has 2 aliphatic heterocycles. The van der Waals surface area contributed by atoms with Crippen molar-refractivity contribution in [3.05, 3.63) is 58.9 Å². The molecule has 1 fully saturated rings. The number of aromatic carboxylic acids is 1. The van der Waals surface area contributed by atoms with Crippen LogP contribution in [0.25, 0.3) is 0 Å². The molecule has 1 saturated heterocycles. The number of aliphatic imine (C=N–C) groups is 1. The number of amides is 4. The number of benzene rings is 2. The summed E-state index contributed by atoms with van der Waals surface area (Å²) in [4.78, 5) is 74.8. The monoisotopic (exact) mass is 605 g/mol. The van der Waals surface area contributed by atoms with Gasteiger partial charge < -0.3 is 40.5 Å². The molecule has 2 aromatic carbocycles. The zero-order chi connectivity index (χ0) is 30.9. The van der Waals surface area contributed by atoms with Crippen molar-refractivity contribution in [2.24, 2.45) is 10.7 Å². The van der Waals surface area contributed by atoms with Gasteiger partial charge in [-0.25, -0.2) is 14.0 Å². The van der Waals surface area contributed by atoms with Crippen LogP contribution in [0.5, 0.6) is 5.75 Å². The summed E-state index contributed by atoms with van der Waals surface area (Å²) in [6.07, 6.45) is -0.0873. The number of hydrogen-bond donors (Lipinski definition) is 6. The van der Waals surface area contributed by atoms with Gasteiger partial charge in [0.1, 0.15) is 29.4 Å². The van der Waals surface area contributed by atoms with Crippen LogP contribution in [0.4, 0.5) is 9.18 Å². The Morgan fingerprint density at radius 2 is 1.95 bits per heavy atom. The van der Waals surface area contributed by atoms with Gasteiger partial charge in [0, 0.05) is 25.2 Å². The van der Waals surface area contributed by atoms with E-state index in [1.54, 1.807) is 6.92 Å². The summed E-state index contributed by atoms with van der Waals surface area (Å²) in [7, 11) is -6.62. The van der Waals surface area contributed by atoms with Crippen molar-refractivity contribution in [2.45, 2.75) is 25.3 Å². The molecule has 0 saturated carbocycles. The highest BCUT2D eigenvalue weighted by atomic mass is 31.2. The highest BCUT2D eigenvalue weighted by molar-refractivity contribution is 7.60. The fraction of sp³-hybridized carbons (Fsp3) is 0.292. The maximum Gasteiger partial charge on any atom is 0.549 e. The number of carbonyl (C=O) groups is 4. The van der Waals surface area contributed by atoms with Crippen LogP contribution >= 0.6 is 7.60 Å². The highest BCUT2D eigenvalue weighted by Crippen LogP contribution is 2.35. The zero-order valence-electron chi connectivity index (χ0n) is 22.0. The SMILES string of the molecule is CCN1CCN(C(=O)NC(/C(N)=N/[C@H]2Cc3cccc(C(=O)O)c3OB2O)c2cc(P(=O)(O)O)ccc2F)C(=O)C1=O. The van der Waals surface area contributed by atoms with Crippen LogP contribution in [-0.4, -0.2) is 92.1 Å². The van der Waals surface area contributed by atoms with Gasteiger partial charge in [0.25, 0.3) is 0 Å². The van der Waals surface area contributed by atoms with Gasteiger partial charge in [0.15, 0.2) is 0 Å². The third-order valence-electron chi connectivity index (χ3n) is 6.76. The van der Waals surface area contributed by atoms with Crippen LogP contribution in [0.2, 0.25) is 0 Å². The number of piperazine rings is 1. The molecule has 15 nitrogen and oxygen atoms in total. The smallest absolute Gasteiger partial charge is 0.534 e. The molecule has 1 unspecified atom stereocenters. The summed E-state index contributed by atoms with van der Waals surface area (Å²) in [6, 6.07) is 3.72. The molecule has 0 aromatic heterocycles. The summed E-state index contributed by atoms with van der Waals surface area (Å²) in [5, 5.41) is 21.7. The van der Waals surface area contributed by atoms with Gasteiger partial charge in [-0.15, -0.1) is 0 Å². The van der Waals surface area contributed by atoms with Crippen LogP contribution in [0.15, 0.2) is 41.4 Å². The Bertz CT molecular complexity index is 1530. The molecule has 18 heteroatoms. The summed E-state index contributed by atoms with van der Waals surface area (Å²) < 4.78 is 32.4. The standard InChI is InChI=1S/C24H26BFN5O10P/c1-2-30-8-9-31(22(33)21(30)32)24(36)29-18(15-11-13(42(38,39)40)6-7-16(15)26)20(27)28-17-10-12-4-3-5-14(23(34)35)19(12)41-25(17)37/h3-7,11,17-18,37H,2,8-10H2,1H3,(H2,27,28)(H,29,36)(H,34,35)(H2,38,39,40)/t17-,18?/m0/s1. The van der Waals surface area contributed by atoms with Gasteiger partial charge in [-0.05, 0) is 43.2 Å². The Morgan fingerprint density at radius 3 is 2.60 bits per heavy atom. The van der Waals surface area contributed by atoms with Crippen LogP contribution in [0, 0.1) is 5.82 Å². The van der Waals surface area contributed by atoms with Gasteiger partial charge in [-0.2, -0.15) is 0 Å². The highest BCUT2D eigenvalue weighted by Gasteiger charge is 2.40. The largest absolute Gasteiger partial charge is 0.549 e. The number of urea groups is 1. The third kappa shape index (κ3) is 6.13. The Hall–Kier alpha value is -4.31. The number of imide groups is 1. The summed E-state index contributed by atoms with van der Waals surface area (Å²) in [6.45, 7) is 1.71. The van der Waals surface area contributed by atoms with Gasteiger partial charge in [-0.1, -0.05) is 12.1 Å². The number of halogens is 1. The van der Waals surface area contributed by atoms with E-state index in [1.807, 2.05) is 0 Å². The van der Waals surface area contributed by atoms with E-state index in [-0.39, 0.29) is 37.4 Å². The molecule has 4 amide bonds. The van der Waals surface area contributed by atoms with Crippen molar-refractivity contribution in [2.75, 3.05) is 19.6 Å². The zero-order valence-corrected chi connectivity index (χ0v) is 22.9. The number of para-hydroxylation sites is 1. The van der Waals surface area contributed by atoms with E-state index in [9.17, 15) is 43.7 Å². The molecule has 0 aliphatic carbocycles. The van der Waals surface area contributed by atoms with Gasteiger partial charge in [-0.3, -0.25) is 24.0 Å². The minimum Gasteiger partial charge on any atom is -0.534 e. The first kappa shape index (κ1) is 30.6. The molecule has 222 valence electrons. The van der Waals surface area contributed by atoms with E-state index in [0.29, 0.717) is 10.5 Å². The van der Waals surface area contributed by atoms with E-state index >= 15 is 4.39 Å². The number of rotatable bonds is 7. The maximum atomic E-state index is 15.1. The van der Waals surface area contributed by atoms with Crippen LogP contribution in [0.1, 0.15) is 34.5 Å². The van der Waals surface area contributed by atoms with E-state index in [4.69, 9.17) is 10.4 Å².